The molecular weight excluding hydrogens is 350 g/mol. The number of aryl methyl sites for hydroxylation is 1. The Morgan fingerprint density at radius 2 is 2.00 bits per heavy atom. The molecule has 0 aliphatic rings. The summed E-state index contributed by atoms with van der Waals surface area (Å²) < 4.78 is 1.72. The average molecular weight is 364 g/mol. The predicted octanol–water partition coefficient (Wildman–Crippen LogP) is 4.05. The molecule has 0 atom stereocenters. The molecule has 0 aliphatic carbocycles. The Balaban J connectivity index is 1.72. The van der Waals surface area contributed by atoms with Crippen LogP contribution in [0.3, 0.4) is 0 Å². The molecule has 0 aliphatic heterocycles. The van der Waals surface area contributed by atoms with Crippen LogP contribution in [0.5, 0.6) is 0 Å². The number of carbonyl (C=O) groups is 1. The molecule has 1 aromatic carbocycles. The van der Waals surface area contributed by atoms with Crippen molar-refractivity contribution in [3.05, 3.63) is 71.8 Å². The number of amides is 1. The van der Waals surface area contributed by atoms with Crippen LogP contribution in [0.15, 0.2) is 61.2 Å². The number of fused-ring (bicyclic) bond motifs is 1. The van der Waals surface area contributed by atoms with Gasteiger partial charge >= 0.3 is 0 Å². The SMILES string of the molecule is Cc1cc2ncnn2cc1-c1ccc(N(C=O)c2ccccc2Cl)nc1. The molecule has 7 heteroatoms. The number of para-hydroxylation sites is 1. The van der Waals surface area contributed by atoms with E-state index in [9.17, 15) is 4.79 Å². The van der Waals surface area contributed by atoms with Crippen molar-refractivity contribution >= 4 is 35.2 Å². The number of halogens is 1. The van der Waals surface area contributed by atoms with E-state index < -0.39 is 0 Å². The maximum Gasteiger partial charge on any atom is 0.219 e. The molecule has 0 radical (unpaired) electrons. The van der Waals surface area contributed by atoms with Crippen LogP contribution in [0.1, 0.15) is 5.56 Å². The number of rotatable bonds is 4. The molecule has 0 unspecified atom stereocenters. The first-order valence-corrected chi connectivity index (χ1v) is 8.30. The Morgan fingerprint density at radius 3 is 2.73 bits per heavy atom. The zero-order chi connectivity index (χ0) is 18.1. The third kappa shape index (κ3) is 2.80. The van der Waals surface area contributed by atoms with Gasteiger partial charge < -0.3 is 0 Å². The summed E-state index contributed by atoms with van der Waals surface area (Å²) in [7, 11) is 0. The minimum atomic E-state index is 0.484. The van der Waals surface area contributed by atoms with Gasteiger partial charge in [-0.1, -0.05) is 23.7 Å². The van der Waals surface area contributed by atoms with Crippen LogP contribution in [0.25, 0.3) is 16.8 Å². The lowest BCUT2D eigenvalue weighted by Crippen LogP contribution is -2.15. The predicted molar refractivity (Wildman–Crippen MR) is 101 cm³/mol. The number of carbonyl (C=O) groups excluding carboxylic acids is 1. The van der Waals surface area contributed by atoms with E-state index in [-0.39, 0.29) is 0 Å². The first-order chi connectivity index (χ1) is 12.7. The molecule has 3 aromatic heterocycles. The first kappa shape index (κ1) is 16.2. The highest BCUT2D eigenvalue weighted by molar-refractivity contribution is 6.33. The maximum absolute atomic E-state index is 11.6. The van der Waals surface area contributed by atoms with Crippen molar-refractivity contribution in [3.8, 4) is 11.1 Å². The van der Waals surface area contributed by atoms with Gasteiger partial charge in [0, 0.05) is 23.5 Å². The van der Waals surface area contributed by atoms with Gasteiger partial charge in [-0.05, 0) is 42.8 Å². The zero-order valence-corrected chi connectivity index (χ0v) is 14.6. The second-order valence-electron chi connectivity index (χ2n) is 5.76. The molecule has 26 heavy (non-hydrogen) atoms. The molecule has 0 saturated heterocycles. The number of benzene rings is 1. The highest BCUT2D eigenvalue weighted by Crippen LogP contribution is 2.31. The maximum atomic E-state index is 11.6. The summed E-state index contributed by atoms with van der Waals surface area (Å²) in [6.45, 7) is 2.01. The van der Waals surface area contributed by atoms with Crippen molar-refractivity contribution in [1.29, 1.82) is 0 Å². The van der Waals surface area contributed by atoms with E-state index in [1.54, 1.807) is 28.9 Å². The van der Waals surface area contributed by atoms with Crippen molar-refractivity contribution in [2.45, 2.75) is 6.92 Å². The van der Waals surface area contributed by atoms with Crippen LogP contribution >= 0.6 is 11.6 Å². The summed E-state index contributed by atoms with van der Waals surface area (Å²) in [6.07, 6.45) is 5.87. The van der Waals surface area contributed by atoms with E-state index in [0.29, 0.717) is 22.9 Å². The van der Waals surface area contributed by atoms with E-state index in [0.717, 1.165) is 22.3 Å². The molecule has 3 heterocycles. The fraction of sp³-hybridized carbons (Fsp3) is 0.0526. The number of hydrogen-bond donors (Lipinski definition) is 0. The van der Waals surface area contributed by atoms with Crippen LogP contribution < -0.4 is 4.90 Å². The summed E-state index contributed by atoms with van der Waals surface area (Å²) >= 11 is 6.20. The third-order valence-corrected chi connectivity index (χ3v) is 4.47. The summed E-state index contributed by atoms with van der Waals surface area (Å²) in [5.74, 6) is 0.497. The van der Waals surface area contributed by atoms with Crippen molar-refractivity contribution in [3.63, 3.8) is 0 Å². The van der Waals surface area contributed by atoms with Gasteiger partial charge in [0.2, 0.25) is 6.41 Å². The van der Waals surface area contributed by atoms with Gasteiger partial charge in [0.15, 0.2) is 5.65 Å². The fourth-order valence-corrected chi connectivity index (χ4v) is 3.06. The van der Waals surface area contributed by atoms with Gasteiger partial charge in [-0.25, -0.2) is 14.5 Å². The molecule has 6 nitrogen and oxygen atoms in total. The van der Waals surface area contributed by atoms with Crippen molar-refractivity contribution < 1.29 is 4.79 Å². The average Bonchev–Trinajstić information content (AvgIpc) is 3.11. The minimum Gasteiger partial charge on any atom is -0.278 e. The van der Waals surface area contributed by atoms with E-state index in [1.807, 2.05) is 37.4 Å². The molecule has 0 N–H and O–H groups in total. The van der Waals surface area contributed by atoms with E-state index in [2.05, 4.69) is 15.1 Å². The lowest BCUT2D eigenvalue weighted by molar-refractivity contribution is -0.106. The summed E-state index contributed by atoms with van der Waals surface area (Å²) in [5, 5.41) is 4.65. The lowest BCUT2D eigenvalue weighted by Gasteiger charge is -2.18. The highest BCUT2D eigenvalue weighted by atomic mass is 35.5. The van der Waals surface area contributed by atoms with E-state index >= 15 is 0 Å². The molecule has 0 spiro atoms. The lowest BCUT2D eigenvalue weighted by atomic mass is 10.0. The molecule has 0 fully saturated rings. The molecule has 128 valence electrons. The Hall–Kier alpha value is -3.25. The number of aromatic nitrogens is 4. The fourth-order valence-electron chi connectivity index (χ4n) is 2.83. The third-order valence-electron chi connectivity index (χ3n) is 4.15. The smallest absolute Gasteiger partial charge is 0.219 e. The molecule has 4 aromatic rings. The van der Waals surface area contributed by atoms with Crippen LogP contribution in [0, 0.1) is 6.92 Å². The van der Waals surface area contributed by atoms with Gasteiger partial charge in [-0.3, -0.25) is 9.69 Å². The van der Waals surface area contributed by atoms with Gasteiger partial charge in [-0.15, -0.1) is 0 Å². The van der Waals surface area contributed by atoms with Crippen LogP contribution in [-0.4, -0.2) is 26.0 Å². The van der Waals surface area contributed by atoms with Gasteiger partial charge in [0.1, 0.15) is 12.1 Å². The number of pyridine rings is 2. The Bertz CT molecular complexity index is 1090. The van der Waals surface area contributed by atoms with Crippen LogP contribution in [0.4, 0.5) is 11.5 Å². The van der Waals surface area contributed by atoms with E-state index in [1.165, 1.54) is 11.2 Å². The quantitative estimate of drug-likeness (QED) is 0.513. The van der Waals surface area contributed by atoms with Crippen LogP contribution in [0.2, 0.25) is 5.02 Å². The topological polar surface area (TPSA) is 63.4 Å². The largest absolute Gasteiger partial charge is 0.278 e. The van der Waals surface area contributed by atoms with Crippen molar-refractivity contribution in [2.75, 3.05) is 4.90 Å². The molecule has 1 amide bonds. The minimum absolute atomic E-state index is 0.484. The number of anilines is 2. The van der Waals surface area contributed by atoms with Crippen LogP contribution in [-0.2, 0) is 4.79 Å². The molecule has 0 bridgehead atoms. The standard InChI is InChI=1S/C19H14ClN5O/c1-13-8-19-22-11-23-25(19)10-15(13)14-6-7-18(21-9-14)24(12-26)17-5-3-2-4-16(17)20/h2-12H,1H3. The zero-order valence-electron chi connectivity index (χ0n) is 13.9. The summed E-state index contributed by atoms with van der Waals surface area (Å²) in [5.41, 5.74) is 4.37. The number of hydrogen-bond acceptors (Lipinski definition) is 4. The number of nitrogens with zero attached hydrogens (tertiary/aromatic N) is 5. The second-order valence-corrected chi connectivity index (χ2v) is 6.17. The first-order valence-electron chi connectivity index (χ1n) is 7.93. The summed E-state index contributed by atoms with van der Waals surface area (Å²) in [4.78, 5) is 21.6. The van der Waals surface area contributed by atoms with E-state index in [4.69, 9.17) is 11.6 Å². The Labute approximate surface area is 154 Å². The monoisotopic (exact) mass is 363 g/mol. The Morgan fingerprint density at radius 1 is 1.15 bits per heavy atom. The summed E-state index contributed by atoms with van der Waals surface area (Å²) in [6, 6.07) is 12.8. The van der Waals surface area contributed by atoms with Gasteiger partial charge in [0.05, 0.1) is 10.7 Å². The highest BCUT2D eigenvalue weighted by Gasteiger charge is 2.13. The van der Waals surface area contributed by atoms with Gasteiger partial charge in [0.25, 0.3) is 0 Å². The van der Waals surface area contributed by atoms with Crippen molar-refractivity contribution in [2.24, 2.45) is 0 Å². The normalized spacial score (nSPS) is 10.8. The molecular formula is C19H14ClN5O. The Kier molecular flexibility index (Phi) is 4.10. The second kappa shape index (κ2) is 6.57. The van der Waals surface area contributed by atoms with Gasteiger partial charge in [-0.2, -0.15) is 5.10 Å². The van der Waals surface area contributed by atoms with Crippen molar-refractivity contribution in [1.82, 2.24) is 19.6 Å². The molecule has 0 saturated carbocycles. The molecule has 4 rings (SSSR count).